The first-order valence-electron chi connectivity index (χ1n) is 6.43. The molecule has 19 heavy (non-hydrogen) atoms. The molecule has 1 fully saturated rings. The van der Waals surface area contributed by atoms with E-state index in [0.717, 1.165) is 11.9 Å². The number of nitrogens with zero attached hydrogens (tertiary/aromatic N) is 3. The van der Waals surface area contributed by atoms with Crippen LogP contribution in [0, 0.1) is 5.92 Å². The first kappa shape index (κ1) is 11.9. The highest BCUT2D eigenvalue weighted by Gasteiger charge is 2.26. The Morgan fingerprint density at radius 1 is 1.37 bits per heavy atom. The second-order valence-electron chi connectivity index (χ2n) is 5.08. The van der Waals surface area contributed by atoms with Gasteiger partial charge in [0.05, 0.1) is 5.52 Å². The highest BCUT2D eigenvalue weighted by atomic mass is 16.2. The van der Waals surface area contributed by atoms with Gasteiger partial charge in [0.2, 0.25) is 5.95 Å². The zero-order chi connectivity index (χ0) is 13.4. The number of hydrogen-bond acceptors (Lipinski definition) is 4. The average Bonchev–Trinajstić information content (AvgIpc) is 3.20. The first-order chi connectivity index (χ1) is 9.15. The number of anilines is 1. The van der Waals surface area contributed by atoms with Gasteiger partial charge in [-0.1, -0.05) is 18.2 Å². The van der Waals surface area contributed by atoms with Crippen LogP contribution in [0.3, 0.4) is 0 Å². The van der Waals surface area contributed by atoms with E-state index in [-0.39, 0.29) is 11.9 Å². The minimum Gasteiger partial charge on any atom is -0.368 e. The quantitative estimate of drug-likeness (QED) is 0.907. The van der Waals surface area contributed by atoms with Crippen LogP contribution in [0.2, 0.25) is 0 Å². The smallest absolute Gasteiger partial charge is 0.273 e. The van der Waals surface area contributed by atoms with Crippen molar-refractivity contribution < 1.29 is 4.79 Å². The lowest BCUT2D eigenvalue weighted by atomic mass is 10.1. The van der Waals surface area contributed by atoms with Crippen LogP contribution in [0.4, 0.5) is 5.95 Å². The highest BCUT2D eigenvalue weighted by Crippen LogP contribution is 2.30. The lowest BCUT2D eigenvalue weighted by Crippen LogP contribution is -2.30. The Kier molecular flexibility index (Phi) is 2.81. The van der Waals surface area contributed by atoms with E-state index in [4.69, 9.17) is 5.73 Å². The van der Waals surface area contributed by atoms with Crippen molar-refractivity contribution in [3.05, 3.63) is 30.0 Å². The molecule has 2 N–H and O–H groups in total. The third-order valence-electron chi connectivity index (χ3n) is 3.40. The molecule has 1 heterocycles. The van der Waals surface area contributed by atoms with Crippen LogP contribution in [0.15, 0.2) is 24.3 Å². The molecule has 1 aliphatic carbocycles. The molecule has 0 bridgehead atoms. The Morgan fingerprint density at radius 3 is 2.84 bits per heavy atom. The summed E-state index contributed by atoms with van der Waals surface area (Å²) >= 11 is 0. The Labute approximate surface area is 111 Å². The topological polar surface area (TPSA) is 72.1 Å². The number of hydrogen-bond donors (Lipinski definition) is 1. The summed E-state index contributed by atoms with van der Waals surface area (Å²) < 4.78 is 0. The van der Waals surface area contributed by atoms with Crippen molar-refractivity contribution in [2.24, 2.45) is 5.92 Å². The average molecular weight is 256 g/mol. The number of rotatable bonds is 3. The molecular weight excluding hydrogens is 240 g/mol. The molecule has 1 aromatic carbocycles. The fraction of sp³-hybridized carbons (Fsp3) is 0.357. The van der Waals surface area contributed by atoms with Gasteiger partial charge in [-0.3, -0.25) is 4.79 Å². The van der Waals surface area contributed by atoms with Gasteiger partial charge in [0.15, 0.2) is 0 Å². The molecule has 98 valence electrons. The van der Waals surface area contributed by atoms with Crippen molar-refractivity contribution in [1.82, 2.24) is 14.9 Å². The molecule has 0 spiro atoms. The van der Waals surface area contributed by atoms with E-state index in [1.807, 2.05) is 31.3 Å². The Morgan fingerprint density at radius 2 is 2.11 bits per heavy atom. The van der Waals surface area contributed by atoms with Gasteiger partial charge in [0.1, 0.15) is 5.69 Å². The maximum absolute atomic E-state index is 12.5. The van der Waals surface area contributed by atoms with Gasteiger partial charge in [-0.2, -0.15) is 0 Å². The maximum atomic E-state index is 12.5. The summed E-state index contributed by atoms with van der Waals surface area (Å²) in [7, 11) is 1.81. The van der Waals surface area contributed by atoms with Crippen LogP contribution in [-0.4, -0.2) is 34.4 Å². The van der Waals surface area contributed by atoms with Crippen molar-refractivity contribution >= 4 is 22.8 Å². The number of fused-ring (bicyclic) bond motifs is 1. The fourth-order valence-corrected chi connectivity index (χ4v) is 2.21. The standard InChI is InChI=1S/C14H16N4O/c1-18(8-9-6-7-9)13(19)12-10-4-2-3-5-11(10)16-14(15)17-12/h2-5,9H,6-8H2,1H3,(H2,15,16,17). The van der Waals surface area contributed by atoms with E-state index < -0.39 is 0 Å². The van der Waals surface area contributed by atoms with Crippen molar-refractivity contribution in [3.63, 3.8) is 0 Å². The van der Waals surface area contributed by atoms with Gasteiger partial charge in [-0.05, 0) is 24.8 Å². The van der Waals surface area contributed by atoms with Crippen molar-refractivity contribution in [2.75, 3.05) is 19.3 Å². The van der Waals surface area contributed by atoms with E-state index in [9.17, 15) is 4.79 Å². The second kappa shape index (κ2) is 4.50. The molecule has 2 aromatic rings. The first-order valence-corrected chi connectivity index (χ1v) is 6.43. The van der Waals surface area contributed by atoms with E-state index >= 15 is 0 Å². The van der Waals surface area contributed by atoms with Gasteiger partial charge in [-0.25, -0.2) is 9.97 Å². The predicted molar refractivity (Wildman–Crippen MR) is 73.6 cm³/mol. The van der Waals surface area contributed by atoms with E-state index in [0.29, 0.717) is 17.1 Å². The number of nitrogen functional groups attached to an aromatic ring is 1. The number of amides is 1. The Balaban J connectivity index is 2.00. The maximum Gasteiger partial charge on any atom is 0.273 e. The summed E-state index contributed by atoms with van der Waals surface area (Å²) in [5, 5.41) is 0.754. The molecule has 1 saturated carbocycles. The van der Waals surface area contributed by atoms with Gasteiger partial charge < -0.3 is 10.6 Å². The summed E-state index contributed by atoms with van der Waals surface area (Å²) in [6.45, 7) is 0.789. The minimum absolute atomic E-state index is 0.0859. The van der Waals surface area contributed by atoms with Crippen LogP contribution in [0.1, 0.15) is 23.3 Å². The number of benzene rings is 1. The van der Waals surface area contributed by atoms with Crippen molar-refractivity contribution in [2.45, 2.75) is 12.8 Å². The molecule has 0 aliphatic heterocycles. The van der Waals surface area contributed by atoms with Crippen molar-refractivity contribution in [3.8, 4) is 0 Å². The molecule has 1 aliphatic rings. The second-order valence-corrected chi connectivity index (χ2v) is 5.08. The SMILES string of the molecule is CN(CC1CC1)C(=O)c1nc(N)nc2ccccc12. The normalized spacial score (nSPS) is 14.6. The lowest BCUT2D eigenvalue weighted by molar-refractivity contribution is 0.0785. The summed E-state index contributed by atoms with van der Waals surface area (Å²) in [6.07, 6.45) is 2.43. The molecule has 0 unspecified atom stereocenters. The number of aromatic nitrogens is 2. The number of carbonyl (C=O) groups is 1. The van der Waals surface area contributed by atoms with Crippen molar-refractivity contribution in [1.29, 1.82) is 0 Å². The third-order valence-corrected chi connectivity index (χ3v) is 3.40. The molecule has 1 aromatic heterocycles. The summed E-state index contributed by atoms with van der Waals surface area (Å²) in [4.78, 5) is 22.5. The Bertz CT molecular complexity index is 636. The van der Waals surface area contributed by atoms with Crippen LogP contribution in [0.5, 0.6) is 0 Å². The van der Waals surface area contributed by atoms with E-state index in [1.165, 1.54) is 12.8 Å². The predicted octanol–water partition coefficient (Wildman–Crippen LogP) is 1.69. The van der Waals surface area contributed by atoms with Crippen LogP contribution >= 0.6 is 0 Å². The monoisotopic (exact) mass is 256 g/mol. The lowest BCUT2D eigenvalue weighted by Gasteiger charge is -2.17. The molecule has 5 nitrogen and oxygen atoms in total. The summed E-state index contributed by atoms with van der Waals surface area (Å²) in [5.41, 5.74) is 6.78. The van der Waals surface area contributed by atoms with Gasteiger partial charge in [-0.15, -0.1) is 0 Å². The summed E-state index contributed by atoms with van der Waals surface area (Å²) in [6, 6.07) is 7.44. The minimum atomic E-state index is -0.0859. The zero-order valence-electron chi connectivity index (χ0n) is 10.8. The van der Waals surface area contributed by atoms with Crippen LogP contribution in [0.25, 0.3) is 10.9 Å². The molecule has 0 atom stereocenters. The summed E-state index contributed by atoms with van der Waals surface area (Å²) in [5.74, 6) is 0.707. The zero-order valence-corrected chi connectivity index (χ0v) is 10.8. The number of carbonyl (C=O) groups excluding carboxylic acids is 1. The number of para-hydroxylation sites is 1. The fourth-order valence-electron chi connectivity index (χ4n) is 2.21. The van der Waals surface area contributed by atoms with Gasteiger partial charge in [0.25, 0.3) is 5.91 Å². The molecule has 0 radical (unpaired) electrons. The third kappa shape index (κ3) is 2.36. The van der Waals surface area contributed by atoms with Crippen LogP contribution in [-0.2, 0) is 0 Å². The molecule has 1 amide bonds. The Hall–Kier alpha value is -2.17. The van der Waals surface area contributed by atoms with Crippen LogP contribution < -0.4 is 5.73 Å². The van der Waals surface area contributed by atoms with E-state index in [1.54, 1.807) is 4.90 Å². The molecular formula is C14H16N4O. The molecule has 3 rings (SSSR count). The number of nitrogens with two attached hydrogens (primary N) is 1. The largest absolute Gasteiger partial charge is 0.368 e. The van der Waals surface area contributed by atoms with Gasteiger partial charge >= 0.3 is 0 Å². The molecule has 5 heteroatoms. The highest BCUT2D eigenvalue weighted by molar-refractivity contribution is 6.04. The van der Waals surface area contributed by atoms with Gasteiger partial charge in [0, 0.05) is 19.0 Å². The molecule has 0 saturated heterocycles. The van der Waals surface area contributed by atoms with E-state index in [2.05, 4.69) is 9.97 Å².